The Labute approximate surface area is 173 Å². The number of rotatable bonds is 6. The maximum Gasteiger partial charge on any atom is 0.251 e. The molecule has 1 fully saturated rings. The van der Waals surface area contributed by atoms with Gasteiger partial charge in [-0.2, -0.15) is 11.8 Å². The molecule has 3 atom stereocenters. The molecule has 4 heterocycles. The van der Waals surface area contributed by atoms with Crippen molar-refractivity contribution in [3.05, 3.63) is 58.4 Å². The highest BCUT2D eigenvalue weighted by Gasteiger charge is 2.44. The summed E-state index contributed by atoms with van der Waals surface area (Å²) in [6.07, 6.45) is 4.92. The highest BCUT2D eigenvalue weighted by molar-refractivity contribution is 7.99. The van der Waals surface area contributed by atoms with Crippen LogP contribution in [0.25, 0.3) is 0 Å². The second-order valence-corrected chi connectivity index (χ2v) is 8.51. The van der Waals surface area contributed by atoms with E-state index in [1.165, 1.54) is 17.8 Å². The minimum absolute atomic E-state index is 0.0734. The molecule has 2 aromatic heterocycles. The van der Waals surface area contributed by atoms with E-state index in [-0.39, 0.29) is 29.2 Å². The molecule has 0 unspecified atom stereocenters. The second kappa shape index (κ2) is 8.49. The monoisotopic (exact) mass is 415 g/mol. The quantitative estimate of drug-likeness (QED) is 0.776. The number of carbonyl (C=O) groups excluding carboxylic acids is 2. The van der Waals surface area contributed by atoms with Gasteiger partial charge in [0.2, 0.25) is 11.8 Å². The summed E-state index contributed by atoms with van der Waals surface area (Å²) in [5, 5.41) is 2.97. The lowest BCUT2D eigenvalue weighted by atomic mass is 9.78. The number of furan rings is 1. The Kier molecular flexibility index (Phi) is 5.80. The van der Waals surface area contributed by atoms with Crippen LogP contribution in [0.5, 0.6) is 0 Å². The lowest BCUT2D eigenvalue weighted by Gasteiger charge is -2.46. The minimum Gasteiger partial charge on any atom is -0.469 e. The average Bonchev–Trinajstić information content (AvgIpc) is 3.22. The number of likely N-dealkylation sites (tertiary alicyclic amines) is 1. The van der Waals surface area contributed by atoms with Crippen LogP contribution in [-0.2, 0) is 16.0 Å². The molecule has 0 spiro atoms. The van der Waals surface area contributed by atoms with E-state index in [2.05, 4.69) is 5.32 Å². The first-order valence-electron chi connectivity index (χ1n) is 9.86. The van der Waals surface area contributed by atoms with Gasteiger partial charge in [0, 0.05) is 49.7 Å². The maximum absolute atomic E-state index is 13.1. The van der Waals surface area contributed by atoms with Crippen LogP contribution in [0, 0.1) is 5.92 Å². The highest BCUT2D eigenvalue weighted by atomic mass is 32.2. The normalized spacial score (nSPS) is 22.8. The van der Waals surface area contributed by atoms with E-state index in [9.17, 15) is 14.4 Å². The van der Waals surface area contributed by atoms with E-state index >= 15 is 0 Å². The number of hydrogen-bond acceptors (Lipinski definition) is 5. The molecule has 29 heavy (non-hydrogen) atoms. The van der Waals surface area contributed by atoms with Gasteiger partial charge in [0.05, 0.1) is 12.0 Å². The third-order valence-corrected chi connectivity index (χ3v) is 6.32. The zero-order chi connectivity index (χ0) is 20.4. The SMILES string of the molecule is CSCC(=O)N1C[C@H]2C[C@@H](C1)[C@H](C(=O)NCCc1ccco1)n1c2cccc1=O. The number of aromatic nitrogens is 1. The zero-order valence-electron chi connectivity index (χ0n) is 16.4. The molecular weight excluding hydrogens is 390 g/mol. The van der Waals surface area contributed by atoms with Gasteiger partial charge in [0.1, 0.15) is 11.8 Å². The fourth-order valence-electron chi connectivity index (χ4n) is 4.56. The van der Waals surface area contributed by atoms with Crippen LogP contribution in [-0.4, -0.2) is 52.9 Å². The maximum atomic E-state index is 13.1. The lowest BCUT2D eigenvalue weighted by Crippen LogP contribution is -2.54. The van der Waals surface area contributed by atoms with E-state index in [1.807, 2.05) is 29.4 Å². The summed E-state index contributed by atoms with van der Waals surface area (Å²) >= 11 is 1.50. The first-order chi connectivity index (χ1) is 14.1. The topological polar surface area (TPSA) is 84.6 Å². The van der Waals surface area contributed by atoms with Gasteiger partial charge in [-0.15, -0.1) is 0 Å². The van der Waals surface area contributed by atoms with E-state index in [0.29, 0.717) is 31.8 Å². The molecule has 1 saturated heterocycles. The van der Waals surface area contributed by atoms with Crippen LogP contribution in [0.4, 0.5) is 0 Å². The molecule has 0 radical (unpaired) electrons. The molecule has 0 saturated carbocycles. The number of nitrogens with zero attached hydrogens (tertiary/aromatic N) is 2. The van der Waals surface area contributed by atoms with Crippen molar-refractivity contribution in [2.75, 3.05) is 31.6 Å². The summed E-state index contributed by atoms with van der Waals surface area (Å²) in [5.41, 5.74) is 0.689. The summed E-state index contributed by atoms with van der Waals surface area (Å²) < 4.78 is 6.96. The van der Waals surface area contributed by atoms with Crippen molar-refractivity contribution < 1.29 is 14.0 Å². The van der Waals surface area contributed by atoms with Crippen molar-refractivity contribution in [2.24, 2.45) is 5.92 Å². The molecule has 2 amide bonds. The Bertz CT molecular complexity index is 940. The Morgan fingerprint density at radius 2 is 2.10 bits per heavy atom. The first kappa shape index (κ1) is 19.8. The van der Waals surface area contributed by atoms with Gasteiger partial charge in [0.25, 0.3) is 5.56 Å². The van der Waals surface area contributed by atoms with Crippen molar-refractivity contribution in [2.45, 2.75) is 24.8 Å². The van der Waals surface area contributed by atoms with Crippen molar-refractivity contribution in [1.82, 2.24) is 14.8 Å². The molecule has 0 aliphatic carbocycles. The van der Waals surface area contributed by atoms with Gasteiger partial charge >= 0.3 is 0 Å². The Hall–Kier alpha value is -2.48. The number of fused-ring (bicyclic) bond motifs is 4. The van der Waals surface area contributed by atoms with Gasteiger partial charge < -0.3 is 14.6 Å². The summed E-state index contributed by atoms with van der Waals surface area (Å²) in [6.45, 7) is 1.55. The van der Waals surface area contributed by atoms with Crippen LogP contribution in [0.3, 0.4) is 0 Å². The predicted molar refractivity (Wildman–Crippen MR) is 111 cm³/mol. The Morgan fingerprint density at radius 3 is 2.86 bits per heavy atom. The van der Waals surface area contributed by atoms with E-state index < -0.39 is 6.04 Å². The predicted octanol–water partition coefficient (Wildman–Crippen LogP) is 1.65. The van der Waals surface area contributed by atoms with Crippen LogP contribution >= 0.6 is 11.8 Å². The number of amides is 2. The van der Waals surface area contributed by atoms with E-state index in [1.54, 1.807) is 16.9 Å². The molecule has 1 N–H and O–H groups in total. The summed E-state index contributed by atoms with van der Waals surface area (Å²) in [7, 11) is 0. The van der Waals surface area contributed by atoms with Crippen molar-refractivity contribution in [1.29, 1.82) is 0 Å². The van der Waals surface area contributed by atoms with Gasteiger partial charge in [-0.1, -0.05) is 6.07 Å². The molecular formula is C21H25N3O4S. The van der Waals surface area contributed by atoms with Gasteiger partial charge in [0.15, 0.2) is 0 Å². The summed E-state index contributed by atoms with van der Waals surface area (Å²) in [5.74, 6) is 1.17. The molecule has 2 aliphatic rings. The smallest absolute Gasteiger partial charge is 0.251 e. The van der Waals surface area contributed by atoms with Crippen LogP contribution in [0.15, 0.2) is 45.8 Å². The average molecular weight is 416 g/mol. The van der Waals surface area contributed by atoms with Crippen LogP contribution in [0.1, 0.15) is 29.8 Å². The summed E-state index contributed by atoms with van der Waals surface area (Å²) in [4.78, 5) is 40.2. The molecule has 2 aliphatic heterocycles. The minimum atomic E-state index is -0.601. The van der Waals surface area contributed by atoms with Crippen molar-refractivity contribution in [3.63, 3.8) is 0 Å². The molecule has 7 nitrogen and oxygen atoms in total. The molecule has 0 aromatic carbocycles. The number of nitrogens with one attached hydrogen (secondary N) is 1. The van der Waals surface area contributed by atoms with E-state index in [0.717, 1.165) is 17.9 Å². The summed E-state index contributed by atoms with van der Waals surface area (Å²) in [6, 6.07) is 8.24. The zero-order valence-corrected chi connectivity index (χ0v) is 17.2. The molecule has 2 bridgehead atoms. The van der Waals surface area contributed by atoms with Gasteiger partial charge in [-0.3, -0.25) is 19.0 Å². The number of hydrogen-bond donors (Lipinski definition) is 1. The number of thioether (sulfide) groups is 1. The second-order valence-electron chi connectivity index (χ2n) is 7.65. The molecule has 2 aromatic rings. The molecule has 4 rings (SSSR count). The van der Waals surface area contributed by atoms with Gasteiger partial charge in [-0.05, 0) is 30.9 Å². The fourth-order valence-corrected chi connectivity index (χ4v) is 4.99. The number of pyridine rings is 1. The highest BCUT2D eigenvalue weighted by Crippen LogP contribution is 2.41. The third kappa shape index (κ3) is 3.99. The lowest BCUT2D eigenvalue weighted by molar-refractivity contribution is -0.135. The standard InChI is InChI=1S/C21H25N3O4S/c1-29-13-19(26)23-11-14-10-15(12-23)20(24-17(14)5-2-6-18(24)25)21(27)22-8-7-16-4-3-9-28-16/h2-6,9,14-15,20H,7-8,10-13H2,1H3,(H,22,27)/t14-,15+,20-/m1/s1. The molecule has 8 heteroatoms. The third-order valence-electron chi connectivity index (χ3n) is 5.79. The van der Waals surface area contributed by atoms with Crippen molar-refractivity contribution >= 4 is 23.6 Å². The largest absolute Gasteiger partial charge is 0.469 e. The number of carbonyl (C=O) groups is 2. The number of piperidine rings is 1. The molecule has 154 valence electrons. The first-order valence-corrected chi connectivity index (χ1v) is 11.3. The fraction of sp³-hybridized carbons (Fsp3) is 0.476. The van der Waals surface area contributed by atoms with Gasteiger partial charge in [-0.25, -0.2) is 0 Å². The van der Waals surface area contributed by atoms with Crippen molar-refractivity contribution in [3.8, 4) is 0 Å². The van der Waals surface area contributed by atoms with Crippen LogP contribution < -0.4 is 10.9 Å². The Morgan fingerprint density at radius 1 is 1.24 bits per heavy atom. The Balaban J connectivity index is 1.58. The van der Waals surface area contributed by atoms with E-state index in [4.69, 9.17) is 4.42 Å². The van der Waals surface area contributed by atoms with Crippen LogP contribution in [0.2, 0.25) is 0 Å².